The van der Waals surface area contributed by atoms with Crippen molar-refractivity contribution in [3.05, 3.63) is 35.7 Å². The molecule has 0 aromatic carbocycles. The van der Waals surface area contributed by atoms with Crippen molar-refractivity contribution in [3.63, 3.8) is 0 Å². The van der Waals surface area contributed by atoms with Gasteiger partial charge in [-0.3, -0.25) is 14.7 Å². The molecule has 0 saturated carbocycles. The molecule has 12 aliphatic heterocycles. The first-order chi connectivity index (χ1) is 55.9. The van der Waals surface area contributed by atoms with Crippen LogP contribution in [0.25, 0.3) is 0 Å². The largest absolute Gasteiger partial charge is 0.370 e. The van der Waals surface area contributed by atoms with Gasteiger partial charge in [-0.05, 0) is 378 Å². The quantitative estimate of drug-likeness (QED) is 0.0424. The predicted molar refractivity (Wildman–Crippen MR) is 506 cm³/mol. The summed E-state index contributed by atoms with van der Waals surface area (Å²) in [6.45, 7) is 88.3. The molecule has 27 heteroatoms. The van der Waals surface area contributed by atoms with Crippen LogP contribution in [0.1, 0.15) is 378 Å². The third-order valence-electron chi connectivity index (χ3n) is 28.5. The topological polar surface area (TPSA) is 256 Å². The second-order valence-corrected chi connectivity index (χ2v) is 52.5. The molecule has 27 nitrogen and oxygen atoms in total. The first kappa shape index (κ1) is 97.4. The van der Waals surface area contributed by atoms with Crippen LogP contribution in [0, 0.1) is 0 Å². The van der Waals surface area contributed by atoms with Crippen LogP contribution in [0.5, 0.6) is 0 Å². The lowest BCUT2D eigenvalue weighted by Crippen LogP contribution is -2.71. The maximum Gasteiger partial charge on any atom is 0.154 e. The van der Waals surface area contributed by atoms with Crippen molar-refractivity contribution < 1.29 is 14.5 Å². The molecule has 9 fully saturated rings. The SMILES string of the molecule is CC1(C)CC(ON2N=C(NC3CC(C)(C)N(C4CC(C)(C)NC(C)(C)C4)C(C)(C)C3)C=C(NCCCN(CCCNC3=CC(NC4CC(C)(C)N(C5CC(C)(C)NC(C)(C)C5)C(C)(C)C4)=NN(OC4CC(C)(C)NC(C)(C)C4)N3)C3=CC(NC4CC(C)(C)N(C5CC(C)(C)NC(C)(C)C5)C(C)(C)C4)=NN(OC4CC(C)(C)NC(C)(C)C4)N3)N2)CC(C)(C)N1. The van der Waals surface area contributed by atoms with Gasteiger partial charge in [0.1, 0.15) is 17.5 Å². The van der Waals surface area contributed by atoms with Gasteiger partial charge >= 0.3 is 0 Å². The summed E-state index contributed by atoms with van der Waals surface area (Å²) in [5.74, 6) is 4.92. The van der Waals surface area contributed by atoms with E-state index in [0.717, 1.165) is 163 Å². The number of likely N-dealkylation sites (tertiary alicyclic amines) is 3. The number of amidine groups is 3. The van der Waals surface area contributed by atoms with E-state index in [0.29, 0.717) is 44.3 Å². The Hall–Kier alpha value is -4.65. The third-order valence-corrected chi connectivity index (χ3v) is 28.5. The molecule has 0 aromatic rings. The van der Waals surface area contributed by atoms with Gasteiger partial charge in [-0.25, -0.2) is 30.8 Å². The average molecular weight is 1720 g/mol. The Morgan fingerprint density at radius 2 is 0.504 bits per heavy atom. The zero-order valence-electron chi connectivity index (χ0n) is 84.6. The minimum absolute atomic E-state index is 0.0164. The van der Waals surface area contributed by atoms with Gasteiger partial charge in [-0.15, -0.1) is 15.3 Å². The van der Waals surface area contributed by atoms with Crippen LogP contribution in [0.4, 0.5) is 0 Å². The second-order valence-electron chi connectivity index (χ2n) is 52.5. The summed E-state index contributed by atoms with van der Waals surface area (Å²) >= 11 is 0. The summed E-state index contributed by atoms with van der Waals surface area (Å²) in [6.07, 6.45) is 25.2. The van der Waals surface area contributed by atoms with E-state index in [4.69, 9.17) is 29.8 Å². The van der Waals surface area contributed by atoms with E-state index in [1.165, 1.54) is 0 Å². The summed E-state index contributed by atoms with van der Waals surface area (Å²) < 4.78 is 0. The van der Waals surface area contributed by atoms with Crippen molar-refractivity contribution >= 4 is 17.5 Å². The van der Waals surface area contributed by atoms with E-state index in [9.17, 15) is 0 Å². The number of piperidine rings is 9. The molecule has 12 aliphatic rings. The molecule has 0 spiro atoms. The molecule has 0 radical (unpaired) electrons. The molecule has 704 valence electrons. The predicted octanol–water partition coefficient (Wildman–Crippen LogP) is 13.7. The lowest BCUT2D eigenvalue weighted by Gasteiger charge is -2.62. The van der Waals surface area contributed by atoms with Gasteiger partial charge in [0.25, 0.3) is 0 Å². The Labute approximate surface area is 747 Å². The molecule has 12 heterocycles. The van der Waals surface area contributed by atoms with Crippen LogP contribution in [-0.2, 0) is 14.5 Å². The number of rotatable bonds is 23. The summed E-state index contributed by atoms with van der Waals surface area (Å²) in [5.41, 5.74) is 9.79. The van der Waals surface area contributed by atoms with Gasteiger partial charge in [0.2, 0.25) is 0 Å². The molecule has 0 amide bonds. The molecule has 14 N–H and O–H groups in total. The maximum atomic E-state index is 7.21. The number of hydrogen-bond donors (Lipinski definition) is 14. The smallest absolute Gasteiger partial charge is 0.154 e. The normalized spacial score (nSPS) is 30.0. The third kappa shape index (κ3) is 25.5. The molecular weight excluding hydrogens is 1540 g/mol. The van der Waals surface area contributed by atoms with Gasteiger partial charge < -0.3 is 63.4 Å². The first-order valence-electron chi connectivity index (χ1n) is 48.2. The fourth-order valence-electron chi connectivity index (χ4n) is 28.8. The highest BCUT2D eigenvalue weighted by atomic mass is 16.8. The Morgan fingerprint density at radius 1 is 0.293 bits per heavy atom. The molecule has 0 aromatic heterocycles. The van der Waals surface area contributed by atoms with E-state index in [1.54, 1.807) is 15.8 Å². The zero-order valence-corrected chi connectivity index (χ0v) is 84.6. The highest BCUT2D eigenvalue weighted by molar-refractivity contribution is 5.95. The number of hydrazone groups is 3. The fourth-order valence-corrected chi connectivity index (χ4v) is 28.8. The maximum absolute atomic E-state index is 7.21. The second kappa shape index (κ2) is 33.9. The summed E-state index contributed by atoms with van der Waals surface area (Å²) in [6, 6.07) is 1.77. The van der Waals surface area contributed by atoms with Crippen LogP contribution in [-0.4, -0.2) is 233 Å². The Morgan fingerprint density at radius 3 is 0.740 bits per heavy atom. The standard InChI is InChI=1S/C96H182N24O3/c1-79(2)52-67(53-80(3,4)108-79)115-91(25,26)46-64(47-92(115,27)28)99-75-43-73(102-118(104-75)121-70-58-85(13,14)111-86(15,16)59-70)97-39-37-41-114(78-45-77(106-120(107-78)123-72-62-89(21,22)113-90(23,24)63-72)101-66-50-95(33,34)117(96(35,36)51-66)69-56-83(9,10)110-84(11,12)57-69)42-38-40-98-74-44-76(105-119(103-74)122-71-60-87(17,18)112-88(19,20)61-71)100-65-48-93(29,30)116(94(31,32)49-65)68-54-81(5,6)109-82(7,8)55-68/h43-45,64-72,97-98,102-103,107-113H,37-42,46-63H2,1-36H3,(H,99,104)(H,100,105)(H,101,106). The molecule has 0 bridgehead atoms. The monoisotopic (exact) mass is 1720 g/mol. The van der Waals surface area contributed by atoms with Crippen molar-refractivity contribution in [2.45, 2.75) is 532 Å². The van der Waals surface area contributed by atoms with Crippen molar-refractivity contribution in [2.75, 3.05) is 26.2 Å². The Kier molecular flexibility index (Phi) is 26.9. The van der Waals surface area contributed by atoms with Crippen LogP contribution in [0.15, 0.2) is 51.0 Å². The molecule has 123 heavy (non-hydrogen) atoms. The van der Waals surface area contributed by atoms with Crippen molar-refractivity contribution in [3.8, 4) is 0 Å². The fraction of sp³-hybridized carbons (Fsp3) is 0.906. The lowest BCUT2D eigenvalue weighted by molar-refractivity contribution is -0.244. The summed E-state index contributed by atoms with van der Waals surface area (Å²) in [5, 5.41) is 64.6. The van der Waals surface area contributed by atoms with Gasteiger partial charge in [-0.2, -0.15) is 0 Å². The number of nitrogens with one attached hydrogen (secondary N) is 14. The average Bonchev–Trinajstić information content (AvgIpc) is 0.745. The lowest BCUT2D eigenvalue weighted by atomic mass is 9.71. The van der Waals surface area contributed by atoms with E-state index in [-0.39, 0.29) is 136 Å². The molecule has 9 saturated heterocycles. The van der Waals surface area contributed by atoms with E-state index >= 15 is 0 Å². The minimum atomic E-state index is -0.158. The molecule has 0 unspecified atom stereocenters. The summed E-state index contributed by atoms with van der Waals surface area (Å²) in [7, 11) is 0. The number of hydrazine groups is 3. The molecule has 0 aliphatic carbocycles. The first-order valence-corrected chi connectivity index (χ1v) is 48.2. The molecule has 0 atom stereocenters. The Bertz CT molecular complexity index is 3570. The van der Waals surface area contributed by atoms with Crippen molar-refractivity contribution in [1.29, 1.82) is 0 Å². The van der Waals surface area contributed by atoms with Crippen LogP contribution < -0.4 is 74.8 Å². The van der Waals surface area contributed by atoms with E-state index in [2.05, 4.69) is 362 Å². The highest BCUT2D eigenvalue weighted by Gasteiger charge is 2.57. The van der Waals surface area contributed by atoms with Crippen LogP contribution in [0.2, 0.25) is 0 Å². The van der Waals surface area contributed by atoms with Gasteiger partial charge in [0, 0.05) is 180 Å². The van der Waals surface area contributed by atoms with E-state index < -0.39 is 0 Å². The number of hydrogen-bond acceptors (Lipinski definition) is 27. The highest BCUT2D eigenvalue weighted by Crippen LogP contribution is 2.50. The number of nitrogens with zero attached hydrogens (tertiary/aromatic N) is 10. The van der Waals surface area contributed by atoms with Crippen LogP contribution >= 0.6 is 0 Å². The Balaban J connectivity index is 0.829. The minimum Gasteiger partial charge on any atom is -0.370 e. The van der Waals surface area contributed by atoms with Gasteiger partial charge in [0.15, 0.2) is 17.5 Å². The van der Waals surface area contributed by atoms with Crippen molar-refractivity contribution in [1.82, 2.24) is 110 Å². The molecular formula is C96H182N24O3. The molecule has 12 rings (SSSR count). The zero-order chi connectivity index (χ0) is 90.9. The van der Waals surface area contributed by atoms with E-state index in [1.807, 2.05) is 0 Å². The van der Waals surface area contributed by atoms with Gasteiger partial charge in [-0.1, -0.05) is 15.8 Å². The van der Waals surface area contributed by atoms with Gasteiger partial charge in [0.05, 0.1) is 18.3 Å². The van der Waals surface area contributed by atoms with Crippen molar-refractivity contribution in [2.24, 2.45) is 15.3 Å². The summed E-state index contributed by atoms with van der Waals surface area (Å²) in [4.78, 5) is 32.4. The van der Waals surface area contributed by atoms with Crippen LogP contribution in [0.3, 0.4) is 0 Å².